The van der Waals surface area contributed by atoms with E-state index in [4.69, 9.17) is 27.6 Å². The first-order chi connectivity index (χ1) is 16.8. The summed E-state index contributed by atoms with van der Waals surface area (Å²) in [7, 11) is 0. The first-order valence-corrected chi connectivity index (χ1v) is 12.6. The van der Waals surface area contributed by atoms with Gasteiger partial charge in [0, 0.05) is 31.8 Å². The zero-order valence-electron chi connectivity index (χ0n) is 18.8. The fourth-order valence-corrected chi connectivity index (χ4v) is 5.18. The molecule has 3 heterocycles. The highest BCUT2D eigenvalue weighted by Crippen LogP contribution is 2.34. The summed E-state index contributed by atoms with van der Waals surface area (Å²) >= 11 is 14.4. The van der Waals surface area contributed by atoms with Crippen molar-refractivity contribution < 1.29 is 18.8 Å². The van der Waals surface area contributed by atoms with Crippen molar-refractivity contribution in [1.82, 2.24) is 15.5 Å². The number of carbonyl (C=O) groups excluding carboxylic acids is 3. The molecule has 0 fully saturated rings. The minimum absolute atomic E-state index is 0.153. The Bertz CT molecular complexity index is 1260. The SMILES string of the molecule is C[C@H](CNC(=O)c1cccs1)NC(=O)c1c(Cl)cc2c(c1Cl)CCN(C(=O)/C=C/c1ccco1)C2. The van der Waals surface area contributed by atoms with Gasteiger partial charge in [-0.1, -0.05) is 29.3 Å². The lowest BCUT2D eigenvalue weighted by Crippen LogP contribution is -2.42. The van der Waals surface area contributed by atoms with Crippen LogP contribution in [0.25, 0.3) is 6.08 Å². The third kappa shape index (κ3) is 5.96. The maximum atomic E-state index is 13.0. The maximum absolute atomic E-state index is 13.0. The Labute approximate surface area is 216 Å². The molecule has 2 N–H and O–H groups in total. The summed E-state index contributed by atoms with van der Waals surface area (Å²) in [6.45, 7) is 2.84. The van der Waals surface area contributed by atoms with E-state index in [9.17, 15) is 14.4 Å². The molecular weight excluding hydrogens is 509 g/mol. The van der Waals surface area contributed by atoms with E-state index in [-0.39, 0.29) is 40.0 Å². The summed E-state index contributed by atoms with van der Waals surface area (Å²) in [5.41, 5.74) is 1.80. The number of hydrogen-bond acceptors (Lipinski definition) is 5. The van der Waals surface area contributed by atoms with Gasteiger partial charge in [0.15, 0.2) is 0 Å². The van der Waals surface area contributed by atoms with Crippen LogP contribution in [0.5, 0.6) is 0 Å². The molecule has 0 saturated heterocycles. The Morgan fingerprint density at radius 2 is 2.06 bits per heavy atom. The molecule has 0 saturated carbocycles. The van der Waals surface area contributed by atoms with Crippen molar-refractivity contribution in [2.45, 2.75) is 25.9 Å². The second-order valence-corrected chi connectivity index (χ2v) is 9.84. The van der Waals surface area contributed by atoms with Gasteiger partial charge >= 0.3 is 0 Å². The number of nitrogens with one attached hydrogen (secondary N) is 2. The molecule has 1 aliphatic heterocycles. The van der Waals surface area contributed by atoms with Crippen LogP contribution in [0, 0.1) is 0 Å². The fourth-order valence-electron chi connectivity index (χ4n) is 3.78. The van der Waals surface area contributed by atoms with Crippen LogP contribution in [-0.2, 0) is 17.8 Å². The van der Waals surface area contributed by atoms with E-state index in [0.29, 0.717) is 30.1 Å². The van der Waals surface area contributed by atoms with Gasteiger partial charge in [0.25, 0.3) is 11.8 Å². The highest BCUT2D eigenvalue weighted by atomic mass is 35.5. The van der Waals surface area contributed by atoms with E-state index < -0.39 is 5.91 Å². The van der Waals surface area contributed by atoms with Gasteiger partial charge < -0.3 is 20.0 Å². The molecule has 3 amide bonds. The quantitative estimate of drug-likeness (QED) is 0.428. The molecule has 0 spiro atoms. The van der Waals surface area contributed by atoms with Crippen LogP contribution in [-0.4, -0.2) is 41.8 Å². The third-order valence-electron chi connectivity index (χ3n) is 5.57. The molecule has 35 heavy (non-hydrogen) atoms. The fraction of sp³-hybridized carbons (Fsp3) is 0.240. The van der Waals surface area contributed by atoms with Crippen LogP contribution in [0.4, 0.5) is 0 Å². The Morgan fingerprint density at radius 1 is 1.23 bits per heavy atom. The smallest absolute Gasteiger partial charge is 0.261 e. The number of benzene rings is 1. The van der Waals surface area contributed by atoms with E-state index in [2.05, 4.69) is 10.6 Å². The minimum Gasteiger partial charge on any atom is -0.465 e. The van der Waals surface area contributed by atoms with Crippen molar-refractivity contribution in [2.75, 3.05) is 13.1 Å². The molecule has 0 radical (unpaired) electrons. The second-order valence-electron chi connectivity index (χ2n) is 8.11. The van der Waals surface area contributed by atoms with Crippen LogP contribution in [0.2, 0.25) is 10.0 Å². The highest BCUT2D eigenvalue weighted by molar-refractivity contribution is 7.12. The van der Waals surface area contributed by atoms with Gasteiger partial charge in [-0.25, -0.2) is 0 Å². The molecular formula is C25H23Cl2N3O4S. The number of nitrogens with zero attached hydrogens (tertiary/aromatic N) is 1. The number of halogens is 2. The monoisotopic (exact) mass is 531 g/mol. The van der Waals surface area contributed by atoms with Crippen LogP contribution < -0.4 is 10.6 Å². The van der Waals surface area contributed by atoms with Crippen molar-refractivity contribution in [1.29, 1.82) is 0 Å². The lowest BCUT2D eigenvalue weighted by molar-refractivity contribution is -0.126. The largest absolute Gasteiger partial charge is 0.465 e. The average Bonchev–Trinajstić information content (AvgIpc) is 3.55. The molecule has 1 aromatic carbocycles. The van der Waals surface area contributed by atoms with E-state index >= 15 is 0 Å². The standard InChI is InChI=1S/C25H23Cl2N3O4S/c1-15(13-28-24(32)20-5-3-11-35-20)29-25(33)22-19(26)12-16-14-30(9-8-18(16)23(22)27)21(31)7-6-17-4-2-10-34-17/h2-7,10-12,15H,8-9,13-14H2,1H3,(H,28,32)(H,29,33)/b7-6+/t15-/m1/s1. The molecule has 10 heteroatoms. The lowest BCUT2D eigenvalue weighted by Gasteiger charge is -2.29. The number of amides is 3. The summed E-state index contributed by atoms with van der Waals surface area (Å²) in [4.78, 5) is 40.0. The van der Waals surface area contributed by atoms with Gasteiger partial charge in [0.1, 0.15) is 5.76 Å². The van der Waals surface area contributed by atoms with Gasteiger partial charge in [0.2, 0.25) is 5.91 Å². The first-order valence-electron chi connectivity index (χ1n) is 11.0. The first kappa shape index (κ1) is 25.0. The van der Waals surface area contributed by atoms with Crippen molar-refractivity contribution >= 4 is 58.3 Å². The Balaban J connectivity index is 1.40. The summed E-state index contributed by atoms with van der Waals surface area (Å²) in [5, 5.41) is 7.96. The molecule has 0 bridgehead atoms. The van der Waals surface area contributed by atoms with Crippen LogP contribution in [0.3, 0.4) is 0 Å². The van der Waals surface area contributed by atoms with Crippen molar-refractivity contribution in [3.05, 3.63) is 85.4 Å². The molecule has 1 atom stereocenters. The van der Waals surface area contributed by atoms with Crippen LogP contribution in [0.1, 0.15) is 43.8 Å². The minimum atomic E-state index is -0.416. The zero-order chi connectivity index (χ0) is 24.9. The molecule has 0 unspecified atom stereocenters. The van der Waals surface area contributed by atoms with Gasteiger partial charge in [-0.15, -0.1) is 11.3 Å². The van der Waals surface area contributed by atoms with Crippen LogP contribution in [0.15, 0.2) is 52.5 Å². The van der Waals surface area contributed by atoms with Gasteiger partial charge in [-0.05, 0) is 60.2 Å². The van der Waals surface area contributed by atoms with Crippen molar-refractivity contribution in [3.63, 3.8) is 0 Å². The lowest BCUT2D eigenvalue weighted by atomic mass is 9.96. The molecule has 7 nitrogen and oxygen atoms in total. The zero-order valence-corrected chi connectivity index (χ0v) is 21.2. The molecule has 3 aromatic rings. The Hall–Kier alpha value is -3.07. The second kappa shape index (κ2) is 11.1. The number of carbonyl (C=O) groups is 3. The summed E-state index contributed by atoms with van der Waals surface area (Å²) in [6, 6.07) is 8.40. The normalized spacial score (nSPS) is 14.0. The maximum Gasteiger partial charge on any atom is 0.261 e. The van der Waals surface area contributed by atoms with Gasteiger partial charge in [-0.3, -0.25) is 14.4 Å². The topological polar surface area (TPSA) is 91.7 Å². The van der Waals surface area contributed by atoms with Gasteiger partial charge in [0.05, 0.1) is 26.7 Å². The van der Waals surface area contributed by atoms with Gasteiger partial charge in [-0.2, -0.15) is 0 Å². The number of thiophene rings is 1. The predicted molar refractivity (Wildman–Crippen MR) is 137 cm³/mol. The van der Waals surface area contributed by atoms with Crippen LogP contribution >= 0.6 is 34.5 Å². The molecule has 4 rings (SSSR count). The molecule has 0 aliphatic carbocycles. The number of furan rings is 1. The Kier molecular flexibility index (Phi) is 7.95. The van der Waals surface area contributed by atoms with E-state index in [1.165, 1.54) is 17.4 Å². The predicted octanol–water partition coefficient (Wildman–Crippen LogP) is 4.79. The summed E-state index contributed by atoms with van der Waals surface area (Å²) in [6.07, 6.45) is 5.13. The Morgan fingerprint density at radius 3 is 2.77 bits per heavy atom. The number of hydrogen-bond donors (Lipinski definition) is 2. The average molecular weight is 532 g/mol. The highest BCUT2D eigenvalue weighted by Gasteiger charge is 2.27. The van der Waals surface area contributed by atoms with E-state index in [1.54, 1.807) is 54.5 Å². The summed E-state index contributed by atoms with van der Waals surface area (Å²) in [5.74, 6) is -0.165. The molecule has 2 aromatic heterocycles. The van der Waals surface area contributed by atoms with E-state index in [0.717, 1.165) is 11.1 Å². The molecule has 182 valence electrons. The molecule has 1 aliphatic rings. The number of fused-ring (bicyclic) bond motifs is 1. The van der Waals surface area contributed by atoms with E-state index in [1.807, 2.05) is 5.38 Å². The summed E-state index contributed by atoms with van der Waals surface area (Å²) < 4.78 is 5.22. The van der Waals surface area contributed by atoms with Crippen molar-refractivity contribution in [3.8, 4) is 0 Å². The number of rotatable bonds is 7. The van der Waals surface area contributed by atoms with Crippen molar-refractivity contribution in [2.24, 2.45) is 0 Å². The third-order valence-corrected chi connectivity index (χ3v) is 7.15.